The molecule has 0 aliphatic rings. The van der Waals surface area contributed by atoms with Gasteiger partial charge in [0.15, 0.2) is 0 Å². The topological polar surface area (TPSA) is 22.8 Å². The fraction of sp³-hybridized carbons (Fsp3) is 0. The molecule has 10 rings (SSSR count). The maximum Gasteiger partial charge on any atom is 0.0963 e. The van der Waals surface area contributed by atoms with Crippen LogP contribution in [-0.2, 0) is 0 Å². The van der Waals surface area contributed by atoms with Crippen LogP contribution in [0.4, 0.5) is 0 Å². The fourth-order valence-electron chi connectivity index (χ4n) is 7.61. The van der Waals surface area contributed by atoms with Crippen LogP contribution in [0.3, 0.4) is 0 Å². The third kappa shape index (κ3) is 4.56. The first-order valence-corrected chi connectivity index (χ1v) is 17.0. The second kappa shape index (κ2) is 11.5. The van der Waals surface area contributed by atoms with Crippen LogP contribution in [0.25, 0.3) is 88.5 Å². The van der Waals surface area contributed by atoms with E-state index in [2.05, 4.69) is 185 Å². The molecular weight excluding hydrogens is 607 g/mol. The molecule has 3 heterocycles. The van der Waals surface area contributed by atoms with Gasteiger partial charge in [-0.25, -0.2) is 0 Å². The molecule has 0 saturated carbocycles. The third-order valence-corrected chi connectivity index (χ3v) is 9.97. The fourth-order valence-corrected chi connectivity index (χ4v) is 7.61. The van der Waals surface area contributed by atoms with E-state index < -0.39 is 0 Å². The lowest BCUT2D eigenvalue weighted by Crippen LogP contribution is -1.94. The van der Waals surface area contributed by atoms with Gasteiger partial charge in [-0.2, -0.15) is 0 Å². The van der Waals surface area contributed by atoms with E-state index >= 15 is 0 Å². The first-order valence-electron chi connectivity index (χ1n) is 17.0. The average molecular weight is 638 g/mol. The Bertz CT molecular complexity index is 2840. The van der Waals surface area contributed by atoms with Crippen LogP contribution < -0.4 is 0 Å². The van der Waals surface area contributed by atoms with Crippen LogP contribution in [0, 0.1) is 0 Å². The number of nitrogens with zero attached hydrogens (tertiary/aromatic N) is 3. The predicted octanol–water partition coefficient (Wildman–Crippen LogP) is 12.3. The van der Waals surface area contributed by atoms with Gasteiger partial charge >= 0.3 is 0 Å². The highest BCUT2D eigenvalue weighted by Crippen LogP contribution is 2.38. The summed E-state index contributed by atoms with van der Waals surface area (Å²) < 4.78 is 4.72. The van der Waals surface area contributed by atoms with Crippen molar-refractivity contribution in [3.05, 3.63) is 188 Å². The van der Waals surface area contributed by atoms with Gasteiger partial charge in [-0.05, 0) is 100 Å². The zero-order valence-corrected chi connectivity index (χ0v) is 27.2. The molecule has 0 amide bonds. The summed E-state index contributed by atoms with van der Waals surface area (Å²) in [5.74, 6) is 0. The van der Waals surface area contributed by atoms with Gasteiger partial charge < -0.3 is 9.13 Å². The second-order valence-electron chi connectivity index (χ2n) is 12.9. The number of benzene rings is 7. The molecular formula is C47H31N3. The second-order valence-corrected chi connectivity index (χ2v) is 12.9. The lowest BCUT2D eigenvalue weighted by Gasteiger charge is -2.11. The molecule has 0 saturated heterocycles. The van der Waals surface area contributed by atoms with Gasteiger partial charge in [0.25, 0.3) is 0 Å². The molecule has 0 atom stereocenters. The number of para-hydroxylation sites is 1. The molecule has 0 unspecified atom stereocenters. The Morgan fingerprint density at radius 1 is 0.300 bits per heavy atom. The van der Waals surface area contributed by atoms with Crippen molar-refractivity contribution >= 4 is 43.7 Å². The standard InChI is InChI=1S/C47H31N3/c1-3-11-32(12-4-1)34-20-24-38(25-21-34)49-43-18-8-7-17-40(43)41-30-36(22-26-44(41)49)37-23-27-45-42(31-37)47-46(19-10-28-48-47)50(45)39-16-9-15-35(29-39)33-13-5-2-6-14-33/h1-31H. The Hall–Kier alpha value is -6.71. The highest BCUT2D eigenvalue weighted by molar-refractivity contribution is 6.12. The monoisotopic (exact) mass is 637 g/mol. The summed E-state index contributed by atoms with van der Waals surface area (Å²) in [6.45, 7) is 0. The molecule has 0 N–H and O–H groups in total. The van der Waals surface area contributed by atoms with E-state index in [-0.39, 0.29) is 0 Å². The van der Waals surface area contributed by atoms with Gasteiger partial charge in [-0.15, -0.1) is 0 Å². The summed E-state index contributed by atoms with van der Waals surface area (Å²) in [7, 11) is 0. The highest BCUT2D eigenvalue weighted by atomic mass is 15.0. The van der Waals surface area contributed by atoms with Crippen molar-refractivity contribution in [3.8, 4) is 44.8 Å². The maximum absolute atomic E-state index is 4.90. The van der Waals surface area contributed by atoms with Crippen LogP contribution in [0.1, 0.15) is 0 Å². The van der Waals surface area contributed by atoms with Crippen LogP contribution in [0.15, 0.2) is 188 Å². The van der Waals surface area contributed by atoms with E-state index in [1.807, 2.05) is 12.3 Å². The first-order chi connectivity index (χ1) is 24.8. The zero-order valence-electron chi connectivity index (χ0n) is 27.2. The molecule has 7 aromatic carbocycles. The van der Waals surface area contributed by atoms with E-state index in [1.165, 1.54) is 55.2 Å². The van der Waals surface area contributed by atoms with Crippen LogP contribution in [-0.4, -0.2) is 14.1 Å². The van der Waals surface area contributed by atoms with Crippen molar-refractivity contribution < 1.29 is 0 Å². The molecule has 3 aromatic heterocycles. The van der Waals surface area contributed by atoms with Crippen molar-refractivity contribution in [1.29, 1.82) is 0 Å². The third-order valence-electron chi connectivity index (χ3n) is 9.97. The van der Waals surface area contributed by atoms with Gasteiger partial charge in [0.05, 0.1) is 27.6 Å². The minimum absolute atomic E-state index is 1.01. The van der Waals surface area contributed by atoms with Crippen molar-refractivity contribution in [2.75, 3.05) is 0 Å². The van der Waals surface area contributed by atoms with E-state index in [4.69, 9.17) is 4.98 Å². The van der Waals surface area contributed by atoms with E-state index in [9.17, 15) is 0 Å². The smallest absolute Gasteiger partial charge is 0.0963 e. The molecule has 0 bridgehead atoms. The van der Waals surface area contributed by atoms with Crippen molar-refractivity contribution in [2.24, 2.45) is 0 Å². The summed E-state index contributed by atoms with van der Waals surface area (Å²) in [6.07, 6.45) is 1.90. The minimum Gasteiger partial charge on any atom is -0.309 e. The number of aromatic nitrogens is 3. The number of hydrogen-bond acceptors (Lipinski definition) is 1. The zero-order chi connectivity index (χ0) is 33.0. The Balaban J connectivity index is 1.10. The number of hydrogen-bond donors (Lipinski definition) is 0. The van der Waals surface area contributed by atoms with E-state index in [1.54, 1.807) is 0 Å². The molecule has 10 aromatic rings. The van der Waals surface area contributed by atoms with Crippen molar-refractivity contribution in [2.45, 2.75) is 0 Å². The summed E-state index contributed by atoms with van der Waals surface area (Å²) in [5.41, 5.74) is 15.1. The van der Waals surface area contributed by atoms with Crippen molar-refractivity contribution in [1.82, 2.24) is 14.1 Å². The number of fused-ring (bicyclic) bond motifs is 6. The molecule has 50 heavy (non-hydrogen) atoms. The van der Waals surface area contributed by atoms with Crippen LogP contribution >= 0.6 is 0 Å². The summed E-state index contributed by atoms with van der Waals surface area (Å²) in [6, 6.07) is 65.4. The SMILES string of the molecule is c1ccc(-c2ccc(-n3c4ccccc4c4cc(-c5ccc6c(c5)c5ncccc5n6-c5cccc(-c6ccccc6)c5)ccc43)cc2)cc1. The van der Waals surface area contributed by atoms with Crippen molar-refractivity contribution in [3.63, 3.8) is 0 Å². The predicted molar refractivity (Wildman–Crippen MR) is 209 cm³/mol. The molecule has 0 aliphatic carbocycles. The van der Waals surface area contributed by atoms with Gasteiger partial charge in [-0.1, -0.05) is 115 Å². The average Bonchev–Trinajstić information content (AvgIpc) is 3.71. The Kier molecular flexibility index (Phi) is 6.49. The Morgan fingerprint density at radius 3 is 1.58 bits per heavy atom. The molecule has 0 spiro atoms. The Labute approximate surface area is 290 Å². The quantitative estimate of drug-likeness (QED) is 0.184. The molecule has 234 valence electrons. The molecule has 0 aliphatic heterocycles. The number of pyridine rings is 1. The van der Waals surface area contributed by atoms with Crippen LogP contribution in [0.5, 0.6) is 0 Å². The van der Waals surface area contributed by atoms with E-state index in [0.717, 1.165) is 33.3 Å². The van der Waals surface area contributed by atoms with Gasteiger partial charge in [0.2, 0.25) is 0 Å². The maximum atomic E-state index is 4.90. The normalized spacial score (nSPS) is 11.6. The van der Waals surface area contributed by atoms with Gasteiger partial charge in [0.1, 0.15) is 0 Å². The largest absolute Gasteiger partial charge is 0.309 e. The first kappa shape index (κ1) is 28.3. The highest BCUT2D eigenvalue weighted by Gasteiger charge is 2.17. The van der Waals surface area contributed by atoms with Gasteiger partial charge in [0, 0.05) is 33.7 Å². The van der Waals surface area contributed by atoms with E-state index in [0.29, 0.717) is 0 Å². The summed E-state index contributed by atoms with van der Waals surface area (Å²) >= 11 is 0. The molecule has 3 nitrogen and oxygen atoms in total. The lowest BCUT2D eigenvalue weighted by atomic mass is 10.0. The van der Waals surface area contributed by atoms with Crippen LogP contribution in [0.2, 0.25) is 0 Å². The lowest BCUT2D eigenvalue weighted by molar-refractivity contribution is 1.18. The summed E-state index contributed by atoms with van der Waals surface area (Å²) in [4.78, 5) is 4.90. The van der Waals surface area contributed by atoms with Gasteiger partial charge in [-0.3, -0.25) is 4.98 Å². The Morgan fingerprint density at radius 2 is 0.820 bits per heavy atom. The molecule has 3 heteroatoms. The molecule has 0 radical (unpaired) electrons. The summed E-state index contributed by atoms with van der Waals surface area (Å²) in [5, 5.41) is 3.63. The minimum atomic E-state index is 1.01. The molecule has 0 fully saturated rings. The number of rotatable bonds is 5.